The van der Waals surface area contributed by atoms with Gasteiger partial charge in [0, 0.05) is 30.0 Å². The lowest BCUT2D eigenvalue weighted by atomic mass is 9.98. The molecule has 7 heteroatoms. The first-order chi connectivity index (χ1) is 14.8. The molecule has 0 radical (unpaired) electrons. The van der Waals surface area contributed by atoms with Crippen LogP contribution in [0.5, 0.6) is 0 Å². The van der Waals surface area contributed by atoms with Crippen LogP contribution in [0.25, 0.3) is 11.3 Å². The number of Topliss-reactive ketones (excluding diaryl/α,β-unsaturated/α-hetero) is 1. The second kappa shape index (κ2) is 8.95. The Hall–Kier alpha value is -3.74. The molecule has 0 N–H and O–H groups in total. The number of carbonyl (C=O) groups excluding carboxylic acids is 4. The van der Waals surface area contributed by atoms with E-state index in [1.807, 2.05) is 12.1 Å². The zero-order chi connectivity index (χ0) is 22.7. The Labute approximate surface area is 180 Å². The van der Waals surface area contributed by atoms with Gasteiger partial charge in [0.2, 0.25) is 5.91 Å². The summed E-state index contributed by atoms with van der Waals surface area (Å²) in [5.41, 5.74) is 3.11. The quantitative estimate of drug-likeness (QED) is 0.307. The summed E-state index contributed by atoms with van der Waals surface area (Å²) in [6.07, 6.45) is 0.787. The van der Waals surface area contributed by atoms with E-state index in [9.17, 15) is 19.2 Å². The molecule has 0 unspecified atom stereocenters. The molecule has 0 aromatic heterocycles. The number of nitrogens with zero attached hydrogens (tertiary/aromatic N) is 1. The van der Waals surface area contributed by atoms with Crippen molar-refractivity contribution in [3.05, 3.63) is 64.7 Å². The molecule has 0 saturated carbocycles. The summed E-state index contributed by atoms with van der Waals surface area (Å²) < 4.78 is 10.3. The molecule has 1 heterocycles. The summed E-state index contributed by atoms with van der Waals surface area (Å²) in [7, 11) is 2.80. The molecule has 1 aliphatic heterocycles. The molecule has 7 nitrogen and oxygen atoms in total. The number of esters is 1. The van der Waals surface area contributed by atoms with Gasteiger partial charge in [0.25, 0.3) is 5.91 Å². The molecule has 1 aliphatic rings. The second-order valence-electron chi connectivity index (χ2n) is 7.13. The van der Waals surface area contributed by atoms with E-state index in [1.165, 1.54) is 28.1 Å². The number of imide groups is 1. The van der Waals surface area contributed by atoms with E-state index in [4.69, 9.17) is 4.74 Å². The van der Waals surface area contributed by atoms with Crippen LogP contribution in [0, 0.1) is 0 Å². The minimum atomic E-state index is -0.505. The molecule has 0 fully saturated rings. The van der Waals surface area contributed by atoms with Crippen LogP contribution in [0.4, 0.5) is 5.69 Å². The third-order valence-corrected chi connectivity index (χ3v) is 5.14. The molecule has 3 rings (SSSR count). The molecule has 0 saturated heterocycles. The smallest absolute Gasteiger partial charge is 0.305 e. The average molecular weight is 421 g/mol. The minimum Gasteiger partial charge on any atom is -0.495 e. The zero-order valence-corrected chi connectivity index (χ0v) is 17.9. The number of ketones is 1. The van der Waals surface area contributed by atoms with Gasteiger partial charge in [-0.05, 0) is 37.1 Å². The highest BCUT2D eigenvalue weighted by Crippen LogP contribution is 2.41. The van der Waals surface area contributed by atoms with Gasteiger partial charge < -0.3 is 9.47 Å². The van der Waals surface area contributed by atoms with E-state index in [0.29, 0.717) is 34.6 Å². The molecule has 0 spiro atoms. The van der Waals surface area contributed by atoms with Crippen LogP contribution in [0.1, 0.15) is 47.3 Å². The number of benzene rings is 2. The number of hydrogen-bond donors (Lipinski definition) is 0. The van der Waals surface area contributed by atoms with Gasteiger partial charge in [-0.2, -0.15) is 0 Å². The lowest BCUT2D eigenvalue weighted by molar-refractivity contribution is -0.140. The number of amides is 2. The van der Waals surface area contributed by atoms with E-state index < -0.39 is 11.8 Å². The van der Waals surface area contributed by atoms with Crippen LogP contribution >= 0.6 is 0 Å². The number of fused-ring (bicyclic) bond motifs is 1. The number of anilines is 1. The third kappa shape index (κ3) is 4.26. The molecule has 2 aromatic rings. The number of ether oxygens (including phenoxy) is 2. The van der Waals surface area contributed by atoms with Crippen molar-refractivity contribution < 1.29 is 28.7 Å². The molecule has 31 heavy (non-hydrogen) atoms. The van der Waals surface area contributed by atoms with Crippen LogP contribution < -0.4 is 4.90 Å². The highest BCUT2D eigenvalue weighted by Gasteiger charge is 2.38. The van der Waals surface area contributed by atoms with Gasteiger partial charge in [-0.3, -0.25) is 19.2 Å². The van der Waals surface area contributed by atoms with Gasteiger partial charge in [-0.25, -0.2) is 4.90 Å². The van der Waals surface area contributed by atoms with Crippen LogP contribution in [0.3, 0.4) is 0 Å². The number of rotatable bonds is 6. The van der Waals surface area contributed by atoms with Crippen molar-refractivity contribution in [3.8, 4) is 0 Å². The molecule has 2 amide bonds. The van der Waals surface area contributed by atoms with Crippen LogP contribution in [-0.2, 0) is 30.3 Å². The van der Waals surface area contributed by atoms with Crippen molar-refractivity contribution in [2.24, 2.45) is 0 Å². The Morgan fingerprint density at radius 3 is 2.10 bits per heavy atom. The van der Waals surface area contributed by atoms with Crippen molar-refractivity contribution in [2.45, 2.75) is 26.7 Å². The molecular formula is C24H23NO6. The molecule has 160 valence electrons. The summed E-state index contributed by atoms with van der Waals surface area (Å²) in [5, 5.41) is 0. The second-order valence-corrected chi connectivity index (χ2v) is 7.13. The summed E-state index contributed by atoms with van der Waals surface area (Å²) in [6, 6.07) is 12.1. The molecule has 0 aliphatic carbocycles. The largest absolute Gasteiger partial charge is 0.495 e. The first-order valence-electron chi connectivity index (χ1n) is 9.73. The van der Waals surface area contributed by atoms with Gasteiger partial charge in [0.15, 0.2) is 5.78 Å². The van der Waals surface area contributed by atoms with E-state index in [0.717, 1.165) is 10.5 Å². The fourth-order valence-corrected chi connectivity index (χ4v) is 3.55. The Bertz CT molecular complexity index is 1100. The predicted molar refractivity (Wildman–Crippen MR) is 115 cm³/mol. The van der Waals surface area contributed by atoms with E-state index in [1.54, 1.807) is 30.3 Å². The first kappa shape index (κ1) is 22.0. The maximum absolute atomic E-state index is 13.2. The zero-order valence-electron chi connectivity index (χ0n) is 17.9. The highest BCUT2D eigenvalue weighted by atomic mass is 16.5. The maximum Gasteiger partial charge on any atom is 0.305 e. The maximum atomic E-state index is 13.2. The van der Waals surface area contributed by atoms with Gasteiger partial charge in [0.05, 0.1) is 25.5 Å². The van der Waals surface area contributed by atoms with Crippen molar-refractivity contribution in [1.82, 2.24) is 0 Å². The molecule has 2 aromatic carbocycles. The number of aryl methyl sites for hydroxylation is 1. The fourth-order valence-electron chi connectivity index (χ4n) is 3.55. The predicted octanol–water partition coefficient (Wildman–Crippen LogP) is 3.40. The Kier molecular flexibility index (Phi) is 6.34. The number of methoxy groups -OCH3 is 2. The van der Waals surface area contributed by atoms with Gasteiger partial charge in [-0.1, -0.05) is 24.3 Å². The standard InChI is InChI=1S/C24H23NO6/c1-14(26)18-10-11-20-19(13-18)22(24(29)25(20)15(2)27)23(31-4)17-8-5-16(6-9-17)7-12-21(28)30-3/h5-6,8-11,13H,7,12H2,1-4H3. The summed E-state index contributed by atoms with van der Waals surface area (Å²) in [5.74, 6) is -1.07. The lowest BCUT2D eigenvalue weighted by Gasteiger charge is -2.13. The van der Waals surface area contributed by atoms with Gasteiger partial charge >= 0.3 is 5.97 Å². The lowest BCUT2D eigenvalue weighted by Crippen LogP contribution is -2.31. The fraction of sp³-hybridized carbons (Fsp3) is 0.250. The van der Waals surface area contributed by atoms with Crippen molar-refractivity contribution >= 4 is 40.6 Å². The Morgan fingerprint density at radius 2 is 1.55 bits per heavy atom. The first-order valence-corrected chi connectivity index (χ1v) is 9.73. The summed E-state index contributed by atoms with van der Waals surface area (Å²) >= 11 is 0. The van der Waals surface area contributed by atoms with Gasteiger partial charge in [-0.15, -0.1) is 0 Å². The molecular weight excluding hydrogens is 398 g/mol. The normalized spacial score (nSPS) is 14.2. The summed E-state index contributed by atoms with van der Waals surface area (Å²) in [4.78, 5) is 49.6. The number of hydrogen-bond acceptors (Lipinski definition) is 6. The highest BCUT2D eigenvalue weighted by molar-refractivity contribution is 6.43. The van der Waals surface area contributed by atoms with E-state index in [-0.39, 0.29) is 23.7 Å². The van der Waals surface area contributed by atoms with Crippen LogP contribution in [-0.4, -0.2) is 37.8 Å². The monoisotopic (exact) mass is 421 g/mol. The molecule has 0 bridgehead atoms. The van der Waals surface area contributed by atoms with Crippen molar-refractivity contribution in [3.63, 3.8) is 0 Å². The van der Waals surface area contributed by atoms with Gasteiger partial charge in [0.1, 0.15) is 5.76 Å². The Morgan fingerprint density at radius 1 is 0.903 bits per heavy atom. The van der Waals surface area contributed by atoms with Crippen molar-refractivity contribution in [2.75, 3.05) is 19.1 Å². The minimum absolute atomic E-state index is 0.148. The number of carbonyl (C=O) groups is 4. The van der Waals surface area contributed by atoms with E-state index >= 15 is 0 Å². The topological polar surface area (TPSA) is 90.0 Å². The Balaban J connectivity index is 2.09. The summed E-state index contributed by atoms with van der Waals surface area (Å²) in [6.45, 7) is 2.75. The van der Waals surface area contributed by atoms with E-state index in [2.05, 4.69) is 4.74 Å². The third-order valence-electron chi connectivity index (χ3n) is 5.14. The average Bonchev–Trinajstić information content (AvgIpc) is 3.04. The molecule has 0 atom stereocenters. The van der Waals surface area contributed by atoms with Crippen LogP contribution in [0.2, 0.25) is 0 Å². The SMILES string of the molecule is COC(=O)CCc1ccc(C(OC)=C2C(=O)N(C(C)=O)c3ccc(C(C)=O)cc32)cc1. The van der Waals surface area contributed by atoms with Crippen LogP contribution in [0.15, 0.2) is 42.5 Å². The van der Waals surface area contributed by atoms with Crippen molar-refractivity contribution in [1.29, 1.82) is 0 Å².